The summed E-state index contributed by atoms with van der Waals surface area (Å²) in [5.74, 6) is 1.58. The number of hydrogen-bond acceptors (Lipinski definition) is 7. The maximum absolute atomic E-state index is 11.0. The van der Waals surface area contributed by atoms with Crippen molar-refractivity contribution in [3.05, 3.63) is 36.3 Å². The minimum absolute atomic E-state index is 0.243. The Morgan fingerprint density at radius 1 is 1.16 bits per heavy atom. The third-order valence-electron chi connectivity index (χ3n) is 4.21. The van der Waals surface area contributed by atoms with Gasteiger partial charge in [-0.2, -0.15) is 5.10 Å². The summed E-state index contributed by atoms with van der Waals surface area (Å²) in [6.07, 6.45) is 1.77. The van der Waals surface area contributed by atoms with Gasteiger partial charge in [-0.05, 0) is 42.3 Å². The molecule has 1 aliphatic rings. The van der Waals surface area contributed by atoms with Crippen molar-refractivity contribution in [2.24, 2.45) is 0 Å². The Labute approximate surface area is 147 Å². The molecule has 0 spiro atoms. The summed E-state index contributed by atoms with van der Waals surface area (Å²) in [4.78, 5) is 11.7. The van der Waals surface area contributed by atoms with Gasteiger partial charge in [-0.1, -0.05) is 0 Å². The van der Waals surface area contributed by atoms with Crippen LogP contribution >= 0.6 is 0 Å². The van der Waals surface area contributed by atoms with Crippen LogP contribution < -0.4 is 10.2 Å². The van der Waals surface area contributed by atoms with Crippen molar-refractivity contribution in [3.8, 4) is 5.69 Å². The van der Waals surface area contributed by atoms with Crippen LogP contribution in [0.1, 0.15) is 5.82 Å². The maximum Gasteiger partial charge on any atom is 0.168 e. The molecule has 9 heteroatoms. The monoisotopic (exact) mass is 357 g/mol. The molecular weight excluding hydrogens is 340 g/mol. The topological polar surface area (TPSA) is 99.0 Å². The third kappa shape index (κ3) is 3.01. The van der Waals surface area contributed by atoms with Gasteiger partial charge in [0.25, 0.3) is 0 Å². The molecule has 2 aromatic heterocycles. The number of fused-ring (bicyclic) bond motifs is 1. The molecule has 3 aromatic rings. The standard InChI is InChI=1S/C16H18N6O2S/c1-11-19-15(21-8-6-17-7-9-21)14-10-18-22(16(14)20-11)12-2-4-13(5-3-12)25(23)24/h2-5,10,17H,6-9H2,1H3,(H,23,24)/p-1. The number of rotatable bonds is 3. The molecule has 1 aromatic carbocycles. The summed E-state index contributed by atoms with van der Waals surface area (Å²) >= 11 is -2.24. The molecule has 0 saturated carbocycles. The molecular formula is C16H17N6O2S-. The summed E-state index contributed by atoms with van der Waals surface area (Å²) in [6, 6.07) is 6.55. The maximum atomic E-state index is 11.0. The first kappa shape index (κ1) is 16.1. The number of aromatic nitrogens is 4. The average Bonchev–Trinajstić information content (AvgIpc) is 3.05. The van der Waals surface area contributed by atoms with Crippen LogP contribution in [0.5, 0.6) is 0 Å². The van der Waals surface area contributed by atoms with Gasteiger partial charge in [0, 0.05) is 31.1 Å². The van der Waals surface area contributed by atoms with Gasteiger partial charge < -0.3 is 14.8 Å². The first-order chi connectivity index (χ1) is 12.1. The molecule has 0 aliphatic carbocycles. The third-order valence-corrected chi connectivity index (χ3v) is 4.87. The first-order valence-electron chi connectivity index (χ1n) is 8.01. The number of aryl methyl sites for hydroxylation is 1. The molecule has 8 nitrogen and oxygen atoms in total. The Balaban J connectivity index is 1.80. The number of anilines is 1. The molecule has 1 unspecified atom stereocenters. The Morgan fingerprint density at radius 2 is 1.88 bits per heavy atom. The lowest BCUT2D eigenvalue weighted by Crippen LogP contribution is -2.44. The molecule has 1 N–H and O–H groups in total. The van der Waals surface area contributed by atoms with Gasteiger partial charge in [0.2, 0.25) is 0 Å². The predicted octanol–water partition coefficient (Wildman–Crippen LogP) is 0.772. The van der Waals surface area contributed by atoms with E-state index in [-0.39, 0.29) is 4.90 Å². The Morgan fingerprint density at radius 3 is 2.56 bits per heavy atom. The van der Waals surface area contributed by atoms with Gasteiger partial charge in [0.1, 0.15) is 11.6 Å². The van der Waals surface area contributed by atoms with Crippen LogP contribution in [0.25, 0.3) is 16.7 Å². The van der Waals surface area contributed by atoms with E-state index in [1.165, 1.54) is 0 Å². The molecule has 0 amide bonds. The van der Waals surface area contributed by atoms with Gasteiger partial charge in [0.15, 0.2) is 5.65 Å². The number of piperazine rings is 1. The smallest absolute Gasteiger partial charge is 0.168 e. The normalized spacial score (nSPS) is 16.3. The average molecular weight is 357 g/mol. The fourth-order valence-corrected chi connectivity index (χ4v) is 3.36. The van der Waals surface area contributed by atoms with Crippen LogP contribution in [0.4, 0.5) is 5.82 Å². The summed E-state index contributed by atoms with van der Waals surface area (Å²) in [5.41, 5.74) is 1.48. The van der Waals surface area contributed by atoms with Gasteiger partial charge in [0.05, 0.1) is 17.3 Å². The zero-order valence-electron chi connectivity index (χ0n) is 13.7. The van der Waals surface area contributed by atoms with E-state index in [1.807, 2.05) is 6.92 Å². The van der Waals surface area contributed by atoms with Gasteiger partial charge in [-0.15, -0.1) is 0 Å². The van der Waals surface area contributed by atoms with Crippen LogP contribution in [-0.2, 0) is 11.1 Å². The minimum atomic E-state index is -2.24. The lowest BCUT2D eigenvalue weighted by atomic mass is 10.3. The molecule has 25 heavy (non-hydrogen) atoms. The van der Waals surface area contributed by atoms with E-state index in [9.17, 15) is 8.76 Å². The fraction of sp³-hybridized carbons (Fsp3) is 0.312. The quantitative estimate of drug-likeness (QED) is 0.691. The van der Waals surface area contributed by atoms with E-state index in [0.29, 0.717) is 5.82 Å². The van der Waals surface area contributed by atoms with Crippen LogP contribution in [0.15, 0.2) is 35.4 Å². The van der Waals surface area contributed by atoms with Crippen LogP contribution in [-0.4, -0.2) is 54.7 Å². The van der Waals surface area contributed by atoms with E-state index >= 15 is 0 Å². The van der Waals surface area contributed by atoms with Crippen molar-refractivity contribution in [1.82, 2.24) is 25.1 Å². The number of nitrogens with zero attached hydrogens (tertiary/aromatic N) is 5. The van der Waals surface area contributed by atoms with Crippen molar-refractivity contribution in [2.75, 3.05) is 31.1 Å². The molecule has 1 atom stereocenters. The highest BCUT2D eigenvalue weighted by Crippen LogP contribution is 2.26. The number of hydrogen-bond donors (Lipinski definition) is 1. The number of nitrogens with one attached hydrogen (secondary N) is 1. The first-order valence-corrected chi connectivity index (χ1v) is 9.09. The zero-order chi connectivity index (χ0) is 17.4. The van der Waals surface area contributed by atoms with Crippen molar-refractivity contribution >= 4 is 27.9 Å². The summed E-state index contributed by atoms with van der Waals surface area (Å²) in [5, 5.41) is 8.68. The van der Waals surface area contributed by atoms with Crippen molar-refractivity contribution in [2.45, 2.75) is 11.8 Å². The molecule has 1 aliphatic heterocycles. The molecule has 0 bridgehead atoms. The van der Waals surface area contributed by atoms with Crippen molar-refractivity contribution < 1.29 is 8.76 Å². The van der Waals surface area contributed by atoms with Crippen LogP contribution in [0.3, 0.4) is 0 Å². The second-order valence-electron chi connectivity index (χ2n) is 5.85. The Bertz CT molecular complexity index is 934. The molecule has 1 fully saturated rings. The second-order valence-corrected chi connectivity index (χ2v) is 6.79. The van der Waals surface area contributed by atoms with E-state index in [4.69, 9.17) is 0 Å². The van der Waals surface area contributed by atoms with E-state index in [0.717, 1.165) is 48.7 Å². The molecule has 3 heterocycles. The highest BCUT2D eigenvalue weighted by Gasteiger charge is 2.19. The predicted molar refractivity (Wildman–Crippen MR) is 93.7 cm³/mol. The molecule has 0 radical (unpaired) electrons. The van der Waals surface area contributed by atoms with E-state index in [2.05, 4.69) is 25.3 Å². The fourth-order valence-electron chi connectivity index (χ4n) is 3.00. The SMILES string of the molecule is Cc1nc(N2CCNCC2)c2cnn(-c3ccc(S(=O)[O-])cc3)c2n1. The Kier molecular flexibility index (Phi) is 4.20. The summed E-state index contributed by atoms with van der Waals surface area (Å²) < 4.78 is 23.8. The van der Waals surface area contributed by atoms with Crippen LogP contribution in [0.2, 0.25) is 0 Å². The molecule has 1 saturated heterocycles. The lowest BCUT2D eigenvalue weighted by molar-refractivity contribution is 0.537. The molecule has 130 valence electrons. The van der Waals surface area contributed by atoms with Crippen molar-refractivity contribution in [3.63, 3.8) is 0 Å². The van der Waals surface area contributed by atoms with Gasteiger partial charge in [-0.25, -0.2) is 14.6 Å². The largest absolute Gasteiger partial charge is 0.768 e. The van der Waals surface area contributed by atoms with Gasteiger partial charge >= 0.3 is 0 Å². The lowest BCUT2D eigenvalue weighted by Gasteiger charge is -2.28. The molecule has 4 rings (SSSR count). The van der Waals surface area contributed by atoms with E-state index in [1.54, 1.807) is 35.1 Å². The number of benzene rings is 1. The summed E-state index contributed by atoms with van der Waals surface area (Å²) in [6.45, 7) is 5.49. The zero-order valence-corrected chi connectivity index (χ0v) is 14.5. The van der Waals surface area contributed by atoms with Gasteiger partial charge in [-0.3, -0.25) is 4.21 Å². The second kappa shape index (κ2) is 6.51. The highest BCUT2D eigenvalue weighted by molar-refractivity contribution is 7.79. The minimum Gasteiger partial charge on any atom is -0.768 e. The van der Waals surface area contributed by atoms with Crippen LogP contribution in [0, 0.1) is 6.92 Å². The summed E-state index contributed by atoms with van der Waals surface area (Å²) in [7, 11) is 0. The highest BCUT2D eigenvalue weighted by atomic mass is 32.2. The van der Waals surface area contributed by atoms with Crippen molar-refractivity contribution in [1.29, 1.82) is 0 Å². The van der Waals surface area contributed by atoms with E-state index < -0.39 is 11.1 Å². The Hall–Kier alpha value is -2.36.